The smallest absolute Gasteiger partial charge is 0.0424 e. The summed E-state index contributed by atoms with van der Waals surface area (Å²) in [7, 11) is 0. The molecule has 0 N–H and O–H groups in total. The topological polar surface area (TPSA) is 0 Å². The third kappa shape index (κ3) is 4.76. The molecular formula is C18H24S. The first-order valence-corrected chi connectivity index (χ1v) is 7.68. The second-order valence-corrected chi connectivity index (χ2v) is 6.22. The van der Waals surface area contributed by atoms with Crippen molar-refractivity contribution in [2.24, 2.45) is 0 Å². The molecular weight excluding hydrogens is 248 g/mol. The number of allylic oxidation sites excluding steroid dienone is 5. The van der Waals surface area contributed by atoms with Gasteiger partial charge in [0.1, 0.15) is 0 Å². The Morgan fingerprint density at radius 3 is 2.37 bits per heavy atom. The van der Waals surface area contributed by atoms with E-state index in [1.54, 1.807) is 0 Å². The van der Waals surface area contributed by atoms with Crippen LogP contribution in [0.1, 0.15) is 34.1 Å². The molecule has 0 radical (unpaired) electrons. The van der Waals surface area contributed by atoms with Gasteiger partial charge in [-0.1, -0.05) is 55.5 Å². The van der Waals surface area contributed by atoms with E-state index >= 15 is 0 Å². The van der Waals surface area contributed by atoms with E-state index in [-0.39, 0.29) is 4.75 Å². The van der Waals surface area contributed by atoms with Gasteiger partial charge in [0.2, 0.25) is 0 Å². The van der Waals surface area contributed by atoms with E-state index in [4.69, 9.17) is 0 Å². The largest absolute Gasteiger partial charge is 0.115 e. The van der Waals surface area contributed by atoms with Crippen LogP contribution in [0.25, 0.3) is 0 Å². The van der Waals surface area contributed by atoms with Crippen LogP contribution >= 0.6 is 11.8 Å². The van der Waals surface area contributed by atoms with Gasteiger partial charge in [0.15, 0.2) is 0 Å². The van der Waals surface area contributed by atoms with E-state index in [0.717, 1.165) is 6.42 Å². The van der Waals surface area contributed by atoms with Gasteiger partial charge in [0, 0.05) is 9.64 Å². The molecule has 1 heteroatoms. The van der Waals surface area contributed by atoms with Crippen LogP contribution in [0.4, 0.5) is 0 Å². The highest BCUT2D eigenvalue weighted by atomic mass is 32.2. The van der Waals surface area contributed by atoms with Crippen LogP contribution in [-0.2, 0) is 0 Å². The number of benzene rings is 1. The van der Waals surface area contributed by atoms with Crippen molar-refractivity contribution in [3.05, 3.63) is 66.3 Å². The molecule has 0 spiro atoms. The standard InChI is InChI=1S/C18H24S/c1-5-8-13-16(12-6-2)18(4,7-3)19-17-14-10-9-11-15-17/h5-6,8-15H,7H2,1-4H3/b8-5-,12-6-,16-13+. The number of hydrogen-bond acceptors (Lipinski definition) is 1. The minimum absolute atomic E-state index is 0.105. The van der Waals surface area contributed by atoms with Crippen molar-refractivity contribution in [1.29, 1.82) is 0 Å². The molecule has 0 amide bonds. The van der Waals surface area contributed by atoms with Crippen molar-refractivity contribution >= 4 is 11.8 Å². The average Bonchev–Trinajstić information content (AvgIpc) is 2.44. The third-order valence-corrected chi connectivity index (χ3v) is 4.67. The van der Waals surface area contributed by atoms with E-state index < -0.39 is 0 Å². The van der Waals surface area contributed by atoms with Crippen LogP contribution < -0.4 is 0 Å². The Bertz CT molecular complexity index is 454. The quantitative estimate of drug-likeness (QED) is 0.450. The zero-order valence-electron chi connectivity index (χ0n) is 12.4. The summed E-state index contributed by atoms with van der Waals surface area (Å²) in [6, 6.07) is 10.6. The summed E-state index contributed by atoms with van der Waals surface area (Å²) in [6.07, 6.45) is 11.9. The molecule has 0 heterocycles. The Balaban J connectivity index is 3.06. The maximum atomic E-state index is 2.32. The molecule has 0 fully saturated rings. The van der Waals surface area contributed by atoms with E-state index in [2.05, 4.69) is 88.4 Å². The van der Waals surface area contributed by atoms with E-state index in [1.165, 1.54) is 10.5 Å². The van der Waals surface area contributed by atoms with E-state index in [1.807, 2.05) is 11.8 Å². The molecule has 0 aromatic heterocycles. The molecule has 102 valence electrons. The van der Waals surface area contributed by atoms with Crippen LogP contribution in [0.2, 0.25) is 0 Å². The van der Waals surface area contributed by atoms with Crippen LogP contribution in [0.5, 0.6) is 0 Å². The van der Waals surface area contributed by atoms with Gasteiger partial charge in [-0.25, -0.2) is 0 Å². The molecule has 19 heavy (non-hydrogen) atoms. The molecule has 0 nitrogen and oxygen atoms in total. The molecule has 1 unspecified atom stereocenters. The summed E-state index contributed by atoms with van der Waals surface area (Å²) in [4.78, 5) is 1.32. The fourth-order valence-corrected chi connectivity index (χ4v) is 3.08. The summed E-state index contributed by atoms with van der Waals surface area (Å²) in [5.74, 6) is 0. The molecule has 0 saturated carbocycles. The van der Waals surface area contributed by atoms with Gasteiger partial charge in [-0.3, -0.25) is 0 Å². The van der Waals surface area contributed by atoms with Gasteiger partial charge in [-0.15, -0.1) is 11.8 Å². The van der Waals surface area contributed by atoms with Crippen LogP contribution in [0.15, 0.2) is 71.2 Å². The molecule has 0 aliphatic carbocycles. The number of thioether (sulfide) groups is 1. The first-order chi connectivity index (χ1) is 9.16. The van der Waals surface area contributed by atoms with Gasteiger partial charge >= 0.3 is 0 Å². The molecule has 0 aliphatic rings. The van der Waals surface area contributed by atoms with Crippen LogP contribution in [0.3, 0.4) is 0 Å². The van der Waals surface area contributed by atoms with E-state index in [9.17, 15) is 0 Å². The Kier molecular flexibility index (Phi) is 6.72. The maximum Gasteiger partial charge on any atom is 0.0424 e. The second-order valence-electron chi connectivity index (χ2n) is 4.65. The number of rotatable bonds is 6. The lowest BCUT2D eigenvalue weighted by atomic mass is 9.96. The lowest BCUT2D eigenvalue weighted by molar-refractivity contribution is 0.727. The molecule has 0 bridgehead atoms. The SMILES string of the molecule is C\C=C/C=C(\C=C/C)C(C)(CC)Sc1ccccc1. The Hall–Kier alpha value is -1.21. The van der Waals surface area contributed by atoms with Crippen molar-refractivity contribution in [2.45, 2.75) is 43.8 Å². The number of hydrogen-bond donors (Lipinski definition) is 0. The average molecular weight is 272 g/mol. The van der Waals surface area contributed by atoms with Gasteiger partial charge in [-0.2, -0.15) is 0 Å². The first-order valence-electron chi connectivity index (χ1n) is 6.86. The maximum absolute atomic E-state index is 2.32. The zero-order chi connectivity index (χ0) is 14.1. The van der Waals surface area contributed by atoms with Crippen molar-refractivity contribution in [1.82, 2.24) is 0 Å². The second kappa shape index (κ2) is 8.06. The fraction of sp³-hybridized carbons (Fsp3) is 0.333. The lowest BCUT2D eigenvalue weighted by Crippen LogP contribution is -2.21. The first kappa shape index (κ1) is 15.8. The van der Waals surface area contributed by atoms with Crippen molar-refractivity contribution in [2.75, 3.05) is 0 Å². The predicted molar refractivity (Wildman–Crippen MR) is 88.7 cm³/mol. The monoisotopic (exact) mass is 272 g/mol. The molecule has 1 aromatic rings. The minimum atomic E-state index is 0.105. The van der Waals surface area contributed by atoms with Crippen molar-refractivity contribution < 1.29 is 0 Å². The molecule has 1 aromatic carbocycles. The summed E-state index contributed by atoms with van der Waals surface area (Å²) in [6.45, 7) is 8.70. The predicted octanol–water partition coefficient (Wildman–Crippen LogP) is 6.03. The lowest BCUT2D eigenvalue weighted by Gasteiger charge is -2.29. The van der Waals surface area contributed by atoms with Crippen molar-refractivity contribution in [3.63, 3.8) is 0 Å². The van der Waals surface area contributed by atoms with Gasteiger partial charge < -0.3 is 0 Å². The molecule has 1 rings (SSSR count). The Morgan fingerprint density at radius 1 is 1.16 bits per heavy atom. The van der Waals surface area contributed by atoms with Gasteiger partial charge in [-0.05, 0) is 44.9 Å². The highest BCUT2D eigenvalue weighted by Gasteiger charge is 2.26. The Labute approximate surface area is 122 Å². The van der Waals surface area contributed by atoms with Crippen molar-refractivity contribution in [3.8, 4) is 0 Å². The molecule has 0 aliphatic heterocycles. The summed E-state index contributed by atoms with van der Waals surface area (Å²) < 4.78 is 0.105. The zero-order valence-corrected chi connectivity index (χ0v) is 13.2. The normalized spacial score (nSPS) is 16.1. The van der Waals surface area contributed by atoms with E-state index in [0.29, 0.717) is 0 Å². The molecule has 1 atom stereocenters. The summed E-state index contributed by atoms with van der Waals surface area (Å²) >= 11 is 1.94. The third-order valence-electron chi connectivity index (χ3n) is 3.19. The summed E-state index contributed by atoms with van der Waals surface area (Å²) in [5.41, 5.74) is 1.37. The fourth-order valence-electron chi connectivity index (χ4n) is 1.87. The minimum Gasteiger partial charge on any atom is -0.115 e. The van der Waals surface area contributed by atoms with Gasteiger partial charge in [0.05, 0.1) is 0 Å². The van der Waals surface area contributed by atoms with Crippen LogP contribution in [0, 0.1) is 0 Å². The summed E-state index contributed by atoms with van der Waals surface area (Å²) in [5, 5.41) is 0. The van der Waals surface area contributed by atoms with Gasteiger partial charge in [0.25, 0.3) is 0 Å². The highest BCUT2D eigenvalue weighted by molar-refractivity contribution is 8.00. The molecule has 0 saturated heterocycles. The Morgan fingerprint density at radius 2 is 1.84 bits per heavy atom. The van der Waals surface area contributed by atoms with Crippen LogP contribution in [-0.4, -0.2) is 4.75 Å². The highest BCUT2D eigenvalue weighted by Crippen LogP contribution is 2.41.